The predicted octanol–water partition coefficient (Wildman–Crippen LogP) is 4.18. The number of aromatic nitrogens is 1. The van der Waals surface area contributed by atoms with E-state index in [9.17, 15) is 0 Å². The minimum absolute atomic E-state index is 0.400. The van der Waals surface area contributed by atoms with Gasteiger partial charge in [-0.05, 0) is 24.1 Å². The lowest BCUT2D eigenvalue weighted by molar-refractivity contribution is 0.453. The Labute approximate surface area is 106 Å². The summed E-state index contributed by atoms with van der Waals surface area (Å²) in [5.74, 6) is 1.83. The normalized spacial score (nSPS) is 10.2. The van der Waals surface area contributed by atoms with Crippen LogP contribution in [0.5, 0.6) is 11.6 Å². The van der Waals surface area contributed by atoms with Crippen LogP contribution < -0.4 is 4.74 Å². The smallest absolute Gasteiger partial charge is 0.223 e. The third-order valence-corrected chi connectivity index (χ3v) is 2.84. The fourth-order valence-corrected chi connectivity index (χ4v) is 1.82. The summed E-state index contributed by atoms with van der Waals surface area (Å²) in [5.41, 5.74) is 2.07. The van der Waals surface area contributed by atoms with Gasteiger partial charge in [0, 0.05) is 11.8 Å². The van der Waals surface area contributed by atoms with Gasteiger partial charge in [0.2, 0.25) is 5.88 Å². The van der Waals surface area contributed by atoms with Crippen molar-refractivity contribution in [2.45, 2.75) is 19.2 Å². The molecule has 2 nitrogen and oxygen atoms in total. The van der Waals surface area contributed by atoms with Gasteiger partial charge in [0.1, 0.15) is 5.75 Å². The molecule has 0 saturated carbocycles. The Bertz CT molecular complexity index is 454. The SMILES string of the molecule is CCc1ccccc1Oc1ncccc1CCl. The van der Waals surface area contributed by atoms with Gasteiger partial charge in [0.25, 0.3) is 0 Å². The fraction of sp³-hybridized carbons (Fsp3) is 0.214. The molecular formula is C14H14ClNO. The van der Waals surface area contributed by atoms with Gasteiger partial charge in [-0.15, -0.1) is 11.6 Å². The van der Waals surface area contributed by atoms with Gasteiger partial charge in [-0.2, -0.15) is 0 Å². The van der Waals surface area contributed by atoms with E-state index >= 15 is 0 Å². The molecule has 1 aromatic heterocycles. The minimum Gasteiger partial charge on any atom is -0.438 e. The number of benzene rings is 1. The van der Waals surface area contributed by atoms with Crippen LogP contribution in [0.15, 0.2) is 42.6 Å². The molecule has 3 heteroatoms. The summed E-state index contributed by atoms with van der Waals surface area (Å²) in [6.07, 6.45) is 2.64. The molecule has 1 heterocycles. The lowest BCUT2D eigenvalue weighted by atomic mass is 10.1. The number of nitrogens with zero attached hydrogens (tertiary/aromatic N) is 1. The Morgan fingerprint density at radius 2 is 1.88 bits per heavy atom. The fourth-order valence-electron chi connectivity index (χ4n) is 1.62. The summed E-state index contributed by atoms with van der Waals surface area (Å²) in [6.45, 7) is 2.10. The molecule has 0 bridgehead atoms. The van der Waals surface area contributed by atoms with Gasteiger partial charge in [0.15, 0.2) is 0 Å². The van der Waals surface area contributed by atoms with Crippen molar-refractivity contribution in [3.8, 4) is 11.6 Å². The molecule has 0 spiro atoms. The molecular weight excluding hydrogens is 234 g/mol. The van der Waals surface area contributed by atoms with Crippen molar-refractivity contribution in [3.63, 3.8) is 0 Å². The third-order valence-electron chi connectivity index (χ3n) is 2.55. The van der Waals surface area contributed by atoms with Gasteiger partial charge < -0.3 is 4.74 Å². The van der Waals surface area contributed by atoms with Crippen LogP contribution >= 0.6 is 11.6 Å². The Hall–Kier alpha value is -1.54. The second-order valence-corrected chi connectivity index (χ2v) is 3.93. The van der Waals surface area contributed by atoms with Gasteiger partial charge in [0.05, 0.1) is 5.88 Å². The Morgan fingerprint density at radius 3 is 2.65 bits per heavy atom. The topological polar surface area (TPSA) is 22.1 Å². The van der Waals surface area contributed by atoms with Crippen LogP contribution in [0.2, 0.25) is 0 Å². The van der Waals surface area contributed by atoms with E-state index in [1.165, 1.54) is 5.56 Å². The molecule has 0 saturated heterocycles. The highest BCUT2D eigenvalue weighted by molar-refractivity contribution is 6.17. The predicted molar refractivity (Wildman–Crippen MR) is 69.7 cm³/mol. The van der Waals surface area contributed by atoms with E-state index in [1.54, 1.807) is 6.20 Å². The highest BCUT2D eigenvalue weighted by atomic mass is 35.5. The molecule has 1 aromatic carbocycles. The van der Waals surface area contributed by atoms with E-state index in [4.69, 9.17) is 16.3 Å². The minimum atomic E-state index is 0.400. The first-order valence-corrected chi connectivity index (χ1v) is 6.14. The maximum atomic E-state index is 5.85. The third kappa shape index (κ3) is 2.77. The maximum Gasteiger partial charge on any atom is 0.223 e. The molecule has 0 N–H and O–H groups in total. The zero-order chi connectivity index (χ0) is 12.1. The van der Waals surface area contributed by atoms with Crippen LogP contribution in [0.4, 0.5) is 0 Å². The van der Waals surface area contributed by atoms with E-state index in [1.807, 2.05) is 30.3 Å². The number of ether oxygens (including phenoxy) is 1. The molecule has 88 valence electrons. The summed E-state index contributed by atoms with van der Waals surface area (Å²) >= 11 is 5.85. The van der Waals surface area contributed by atoms with Gasteiger partial charge in [-0.3, -0.25) is 0 Å². The quantitative estimate of drug-likeness (QED) is 0.757. The number of halogens is 1. The molecule has 0 radical (unpaired) electrons. The average Bonchev–Trinajstić information content (AvgIpc) is 2.40. The van der Waals surface area contributed by atoms with E-state index in [-0.39, 0.29) is 0 Å². The Morgan fingerprint density at radius 1 is 1.12 bits per heavy atom. The zero-order valence-electron chi connectivity index (χ0n) is 9.69. The molecule has 0 aliphatic heterocycles. The Kier molecular flexibility index (Phi) is 3.99. The number of rotatable bonds is 4. The van der Waals surface area contributed by atoms with E-state index < -0.39 is 0 Å². The lowest BCUT2D eigenvalue weighted by Crippen LogP contribution is -1.95. The molecule has 0 aliphatic carbocycles. The number of hydrogen-bond donors (Lipinski definition) is 0. The van der Waals surface area contributed by atoms with E-state index in [0.29, 0.717) is 11.8 Å². The summed E-state index contributed by atoms with van der Waals surface area (Å²) in [5, 5.41) is 0. The molecule has 0 aliphatic rings. The van der Waals surface area contributed by atoms with Crippen LogP contribution in [0.3, 0.4) is 0 Å². The number of aryl methyl sites for hydroxylation is 1. The molecule has 17 heavy (non-hydrogen) atoms. The average molecular weight is 248 g/mol. The zero-order valence-corrected chi connectivity index (χ0v) is 10.4. The Balaban J connectivity index is 2.31. The summed E-state index contributed by atoms with van der Waals surface area (Å²) in [6, 6.07) is 11.7. The molecule has 0 amide bonds. The number of para-hydroxylation sites is 1. The molecule has 2 rings (SSSR count). The summed E-state index contributed by atoms with van der Waals surface area (Å²) in [4.78, 5) is 4.21. The first kappa shape index (κ1) is 11.9. The highest BCUT2D eigenvalue weighted by Crippen LogP contribution is 2.27. The van der Waals surface area contributed by atoms with Gasteiger partial charge >= 0.3 is 0 Å². The van der Waals surface area contributed by atoms with Crippen LogP contribution in [-0.4, -0.2) is 4.98 Å². The largest absolute Gasteiger partial charge is 0.438 e. The number of pyridine rings is 1. The molecule has 0 atom stereocenters. The number of alkyl halides is 1. The lowest BCUT2D eigenvalue weighted by Gasteiger charge is -2.10. The van der Waals surface area contributed by atoms with Gasteiger partial charge in [-0.1, -0.05) is 31.2 Å². The van der Waals surface area contributed by atoms with E-state index in [2.05, 4.69) is 18.0 Å². The van der Waals surface area contributed by atoms with Crippen molar-refractivity contribution in [1.82, 2.24) is 4.98 Å². The maximum absolute atomic E-state index is 5.85. The standard InChI is InChI=1S/C14H14ClNO/c1-2-11-6-3-4-8-13(11)17-14-12(10-15)7-5-9-16-14/h3-9H,2,10H2,1H3. The van der Waals surface area contributed by atoms with Crippen LogP contribution in [0, 0.1) is 0 Å². The summed E-state index contributed by atoms with van der Waals surface area (Å²) in [7, 11) is 0. The second kappa shape index (κ2) is 5.69. The van der Waals surface area contributed by atoms with Crippen molar-refractivity contribution in [1.29, 1.82) is 0 Å². The molecule has 0 fully saturated rings. The van der Waals surface area contributed by atoms with E-state index in [0.717, 1.165) is 17.7 Å². The van der Waals surface area contributed by atoms with Gasteiger partial charge in [-0.25, -0.2) is 4.98 Å². The second-order valence-electron chi connectivity index (χ2n) is 3.66. The summed E-state index contributed by atoms with van der Waals surface area (Å²) < 4.78 is 5.83. The van der Waals surface area contributed by atoms with Crippen molar-refractivity contribution in [3.05, 3.63) is 53.7 Å². The van der Waals surface area contributed by atoms with Crippen molar-refractivity contribution < 1.29 is 4.74 Å². The molecule has 0 unspecified atom stereocenters. The number of hydrogen-bond acceptors (Lipinski definition) is 2. The first-order valence-electron chi connectivity index (χ1n) is 5.60. The first-order chi connectivity index (χ1) is 8.35. The highest BCUT2D eigenvalue weighted by Gasteiger charge is 2.07. The van der Waals surface area contributed by atoms with Crippen molar-refractivity contribution in [2.75, 3.05) is 0 Å². The van der Waals surface area contributed by atoms with Crippen molar-refractivity contribution in [2.24, 2.45) is 0 Å². The monoisotopic (exact) mass is 247 g/mol. The van der Waals surface area contributed by atoms with Crippen LogP contribution in [0.25, 0.3) is 0 Å². The van der Waals surface area contributed by atoms with Crippen LogP contribution in [-0.2, 0) is 12.3 Å². The van der Waals surface area contributed by atoms with Crippen molar-refractivity contribution >= 4 is 11.6 Å². The van der Waals surface area contributed by atoms with Crippen LogP contribution in [0.1, 0.15) is 18.1 Å². The molecule has 2 aromatic rings.